The molecule has 2 heterocycles. The van der Waals surface area contributed by atoms with E-state index in [2.05, 4.69) is 10.3 Å². The van der Waals surface area contributed by atoms with E-state index in [0.717, 1.165) is 37.1 Å². The number of aromatic nitrogens is 1. The molecule has 2 N–H and O–H groups in total. The maximum atomic E-state index is 12.7. The number of halogens is 2. The fourth-order valence-corrected chi connectivity index (χ4v) is 5.29. The molecule has 0 unspecified atom stereocenters. The van der Waals surface area contributed by atoms with Crippen molar-refractivity contribution in [1.29, 1.82) is 0 Å². The van der Waals surface area contributed by atoms with Crippen molar-refractivity contribution in [3.05, 3.63) is 70.0 Å². The zero-order valence-electron chi connectivity index (χ0n) is 20.9. The maximum absolute atomic E-state index is 12.7. The third-order valence-electron chi connectivity index (χ3n) is 7.25. The third-order valence-corrected chi connectivity index (χ3v) is 7.99. The number of carbonyl (C=O) groups is 2. The van der Waals surface area contributed by atoms with Crippen LogP contribution in [0.15, 0.2) is 48.7 Å². The number of nitrogens with one attached hydrogen (secondary N) is 1. The number of hydrogen-bond donors (Lipinski definition) is 2. The lowest BCUT2D eigenvalue weighted by Gasteiger charge is -2.36. The molecule has 1 saturated carbocycles. The van der Waals surface area contributed by atoms with Crippen LogP contribution in [-0.2, 0) is 15.2 Å². The average molecular weight is 546 g/mol. The molecule has 2 aliphatic rings. The highest BCUT2D eigenvalue weighted by Crippen LogP contribution is 2.35. The number of amides is 2. The second-order valence-corrected chi connectivity index (χ2v) is 10.6. The number of hydrogen-bond acceptors (Lipinski definition) is 5. The van der Waals surface area contributed by atoms with Crippen LogP contribution >= 0.6 is 23.2 Å². The van der Waals surface area contributed by atoms with E-state index in [4.69, 9.17) is 23.2 Å². The third kappa shape index (κ3) is 7.54. The molecule has 0 atom stereocenters. The molecule has 2 aromatic rings. The smallest absolute Gasteiger partial charge is 0.246 e. The Balaban J connectivity index is 1.17. The monoisotopic (exact) mass is 544 g/mol. The molecular formula is C28H34Cl2N4O3. The molecule has 2 fully saturated rings. The molecule has 1 aromatic carbocycles. The van der Waals surface area contributed by atoms with Gasteiger partial charge < -0.3 is 20.2 Å². The summed E-state index contributed by atoms with van der Waals surface area (Å²) in [6, 6.07) is 11.2. The quantitative estimate of drug-likeness (QED) is 0.382. The lowest BCUT2D eigenvalue weighted by atomic mass is 9.80. The fraction of sp³-hybridized carbons (Fsp3) is 0.464. The molecule has 37 heavy (non-hydrogen) atoms. The fourth-order valence-electron chi connectivity index (χ4n) is 4.98. The summed E-state index contributed by atoms with van der Waals surface area (Å²) in [7, 11) is 0. The molecule has 9 heteroatoms. The maximum Gasteiger partial charge on any atom is 0.246 e. The van der Waals surface area contributed by atoms with E-state index in [1.807, 2.05) is 23.1 Å². The zero-order valence-corrected chi connectivity index (χ0v) is 22.4. The van der Waals surface area contributed by atoms with Crippen LogP contribution in [0.4, 0.5) is 0 Å². The van der Waals surface area contributed by atoms with Crippen molar-refractivity contribution in [3.8, 4) is 0 Å². The van der Waals surface area contributed by atoms with Crippen LogP contribution in [0.2, 0.25) is 10.0 Å². The van der Waals surface area contributed by atoms with Crippen molar-refractivity contribution in [2.45, 2.75) is 50.2 Å². The first-order chi connectivity index (χ1) is 17.8. The van der Waals surface area contributed by atoms with Crippen molar-refractivity contribution in [1.82, 2.24) is 20.1 Å². The molecular weight excluding hydrogens is 511 g/mol. The molecule has 198 valence electrons. The second kappa shape index (κ2) is 12.9. The summed E-state index contributed by atoms with van der Waals surface area (Å²) in [5.41, 5.74) is 0.714. The Morgan fingerprint density at radius 2 is 1.95 bits per heavy atom. The minimum absolute atomic E-state index is 0.0851. The number of benzene rings is 1. The topological polar surface area (TPSA) is 85.8 Å². The minimum Gasteiger partial charge on any atom is -0.384 e. The van der Waals surface area contributed by atoms with E-state index in [9.17, 15) is 14.7 Å². The Labute approximate surface area is 228 Å². The summed E-state index contributed by atoms with van der Waals surface area (Å²) < 4.78 is 0. The van der Waals surface area contributed by atoms with E-state index in [1.165, 1.54) is 6.08 Å². The molecule has 1 aliphatic heterocycles. The van der Waals surface area contributed by atoms with Crippen molar-refractivity contribution in [2.24, 2.45) is 0 Å². The first-order valence-corrected chi connectivity index (χ1v) is 13.7. The highest BCUT2D eigenvalue weighted by atomic mass is 35.5. The molecule has 4 rings (SSSR count). The summed E-state index contributed by atoms with van der Waals surface area (Å²) in [4.78, 5) is 33.2. The lowest BCUT2D eigenvalue weighted by Crippen LogP contribution is -2.41. The summed E-state index contributed by atoms with van der Waals surface area (Å²) in [6.45, 7) is 2.94. The van der Waals surface area contributed by atoms with Crippen LogP contribution < -0.4 is 5.32 Å². The Hall–Kier alpha value is -2.45. The van der Waals surface area contributed by atoms with Gasteiger partial charge in [0, 0.05) is 50.9 Å². The molecule has 7 nitrogen and oxygen atoms in total. The predicted molar refractivity (Wildman–Crippen MR) is 146 cm³/mol. The van der Waals surface area contributed by atoms with Crippen molar-refractivity contribution in [3.63, 3.8) is 0 Å². The zero-order chi connectivity index (χ0) is 26.3. The van der Waals surface area contributed by atoms with Gasteiger partial charge in [-0.05, 0) is 74.6 Å². The Morgan fingerprint density at radius 3 is 2.68 bits per heavy atom. The number of nitrogens with zero attached hydrogens (tertiary/aromatic N) is 3. The number of aliphatic hydroxyl groups is 1. The van der Waals surface area contributed by atoms with Crippen LogP contribution in [-0.4, -0.2) is 70.5 Å². The molecule has 1 saturated heterocycles. The normalized spacial score (nSPS) is 22.9. The van der Waals surface area contributed by atoms with Crippen molar-refractivity contribution < 1.29 is 14.7 Å². The minimum atomic E-state index is -0.835. The van der Waals surface area contributed by atoms with E-state index in [1.54, 1.807) is 35.4 Å². The molecule has 1 aromatic heterocycles. The van der Waals surface area contributed by atoms with Gasteiger partial charge in [0.25, 0.3) is 0 Å². The van der Waals surface area contributed by atoms with Crippen molar-refractivity contribution >= 4 is 41.1 Å². The van der Waals surface area contributed by atoms with Gasteiger partial charge >= 0.3 is 0 Å². The molecule has 0 bridgehead atoms. The molecule has 0 spiro atoms. The molecule has 1 aliphatic carbocycles. The number of carbonyl (C=O) groups excluding carboxylic acids is 2. The van der Waals surface area contributed by atoms with Gasteiger partial charge in [-0.3, -0.25) is 14.6 Å². The van der Waals surface area contributed by atoms with Gasteiger partial charge in [0.05, 0.1) is 15.7 Å². The molecule has 0 radical (unpaired) electrons. The molecule has 2 amide bonds. The Bertz CT molecular complexity index is 1100. The first kappa shape index (κ1) is 27.6. The van der Waals surface area contributed by atoms with E-state index < -0.39 is 5.60 Å². The van der Waals surface area contributed by atoms with E-state index >= 15 is 0 Å². The van der Waals surface area contributed by atoms with Crippen LogP contribution in [0.5, 0.6) is 0 Å². The number of rotatable bonds is 8. The van der Waals surface area contributed by atoms with Gasteiger partial charge in [-0.2, -0.15) is 0 Å². The number of pyridine rings is 1. The van der Waals surface area contributed by atoms with Gasteiger partial charge in [0.1, 0.15) is 5.60 Å². The highest BCUT2D eigenvalue weighted by Gasteiger charge is 2.35. The highest BCUT2D eigenvalue weighted by molar-refractivity contribution is 6.42. The van der Waals surface area contributed by atoms with E-state index in [-0.39, 0.29) is 11.8 Å². The lowest BCUT2D eigenvalue weighted by molar-refractivity contribution is -0.130. The first-order valence-electron chi connectivity index (χ1n) is 12.9. The van der Waals surface area contributed by atoms with Gasteiger partial charge in [0.2, 0.25) is 11.8 Å². The van der Waals surface area contributed by atoms with E-state index in [0.29, 0.717) is 61.5 Å². The van der Waals surface area contributed by atoms with Crippen molar-refractivity contribution in [2.75, 3.05) is 32.7 Å². The van der Waals surface area contributed by atoms with Crippen LogP contribution in [0.3, 0.4) is 0 Å². The van der Waals surface area contributed by atoms with Gasteiger partial charge in [-0.1, -0.05) is 35.3 Å². The summed E-state index contributed by atoms with van der Waals surface area (Å²) in [5, 5.41) is 15.5. The van der Waals surface area contributed by atoms with Gasteiger partial charge in [-0.25, -0.2) is 0 Å². The Morgan fingerprint density at radius 1 is 1.14 bits per heavy atom. The SMILES string of the molecule is O=C(/C=C/c1ccc(Cl)c(Cl)c1)N1CCC(=O)N(CCCNC2CCC(O)(c3ccccn3)CC2)CC1. The summed E-state index contributed by atoms with van der Waals surface area (Å²) in [5.74, 6) is -0.0350. The van der Waals surface area contributed by atoms with Crippen LogP contribution in [0.25, 0.3) is 6.08 Å². The standard InChI is InChI=1S/C28H34Cl2N4O3/c29-23-7-5-21(20-24(23)30)6-8-26(35)34-17-11-27(36)33(18-19-34)16-3-15-31-22-9-12-28(37,13-10-22)25-4-1-2-14-32-25/h1-2,4-8,14,20,22,31,37H,3,9-13,15-19H2/b8-6+. The van der Waals surface area contributed by atoms with Gasteiger partial charge in [-0.15, -0.1) is 0 Å². The predicted octanol–water partition coefficient (Wildman–Crippen LogP) is 4.27. The van der Waals surface area contributed by atoms with Crippen LogP contribution in [0, 0.1) is 0 Å². The second-order valence-electron chi connectivity index (χ2n) is 9.79. The van der Waals surface area contributed by atoms with Gasteiger partial charge in [0.15, 0.2) is 0 Å². The average Bonchev–Trinajstić information content (AvgIpc) is 3.10. The summed E-state index contributed by atoms with van der Waals surface area (Å²) in [6.07, 6.45) is 9.29. The summed E-state index contributed by atoms with van der Waals surface area (Å²) >= 11 is 12.0. The Kier molecular flexibility index (Phi) is 9.60. The van der Waals surface area contributed by atoms with Crippen LogP contribution in [0.1, 0.15) is 49.8 Å². The largest absolute Gasteiger partial charge is 0.384 e.